The van der Waals surface area contributed by atoms with Crippen LogP contribution in [0.2, 0.25) is 0 Å². The summed E-state index contributed by atoms with van der Waals surface area (Å²) < 4.78 is 1.14. The fourth-order valence-electron chi connectivity index (χ4n) is 0.584. The molecule has 1 aromatic rings. The summed E-state index contributed by atoms with van der Waals surface area (Å²) >= 11 is 3.46. The zero-order valence-corrected chi connectivity index (χ0v) is 8.39. The average molecular weight is 185 g/mol. The van der Waals surface area contributed by atoms with Gasteiger partial charge in [-0.1, -0.05) is 23.9 Å². The van der Waals surface area contributed by atoms with Crippen LogP contribution in [0.4, 0.5) is 0 Å². The van der Waals surface area contributed by atoms with Crippen molar-refractivity contribution in [2.24, 2.45) is 0 Å². The Morgan fingerprint density at radius 3 is 3.00 bits per heavy atom. The first-order chi connectivity index (χ1) is 5.18. The molecule has 60 valence electrons. The lowest BCUT2D eigenvalue weighted by Gasteiger charge is -1.93. The molecule has 0 aromatic carbocycles. The van der Waals surface area contributed by atoms with E-state index >= 15 is 0 Å². The van der Waals surface area contributed by atoms with Gasteiger partial charge in [0.25, 0.3) is 0 Å². The van der Waals surface area contributed by atoms with Crippen molar-refractivity contribution >= 4 is 23.1 Å². The third-order valence-corrected chi connectivity index (χ3v) is 3.41. The first-order valence-corrected chi connectivity index (χ1v) is 5.24. The third kappa shape index (κ3) is 3.08. The van der Waals surface area contributed by atoms with Gasteiger partial charge in [-0.2, -0.15) is 0 Å². The molecule has 0 bridgehead atoms. The van der Waals surface area contributed by atoms with Gasteiger partial charge in [0.2, 0.25) is 0 Å². The topological polar surface area (TPSA) is 12.9 Å². The molecule has 0 saturated carbocycles. The first-order valence-electron chi connectivity index (χ1n) is 3.38. The molecule has 0 aliphatic rings. The molecule has 0 amide bonds. The SMILES string of the molecule is C=C(C)CSc1nc(C)cs1. The van der Waals surface area contributed by atoms with E-state index in [4.69, 9.17) is 0 Å². The van der Waals surface area contributed by atoms with Crippen LogP contribution in [-0.2, 0) is 0 Å². The molecule has 0 saturated heterocycles. The fourth-order valence-corrected chi connectivity index (χ4v) is 2.28. The summed E-state index contributed by atoms with van der Waals surface area (Å²) in [6, 6.07) is 0. The van der Waals surface area contributed by atoms with Gasteiger partial charge in [0.15, 0.2) is 0 Å². The van der Waals surface area contributed by atoms with Gasteiger partial charge in [0, 0.05) is 16.8 Å². The zero-order chi connectivity index (χ0) is 8.27. The molecule has 0 atom stereocenters. The number of thioether (sulfide) groups is 1. The maximum Gasteiger partial charge on any atom is 0.150 e. The monoisotopic (exact) mass is 185 g/mol. The Labute approximate surface area is 75.5 Å². The molecular formula is C8H11NS2. The first kappa shape index (κ1) is 8.81. The summed E-state index contributed by atoms with van der Waals surface area (Å²) in [6.45, 7) is 7.88. The molecule has 11 heavy (non-hydrogen) atoms. The van der Waals surface area contributed by atoms with Crippen LogP contribution in [0, 0.1) is 6.92 Å². The molecule has 0 spiro atoms. The number of hydrogen-bond donors (Lipinski definition) is 0. The van der Waals surface area contributed by atoms with Crippen LogP contribution in [0.25, 0.3) is 0 Å². The van der Waals surface area contributed by atoms with E-state index in [2.05, 4.69) is 16.9 Å². The zero-order valence-electron chi connectivity index (χ0n) is 6.76. The number of rotatable bonds is 3. The lowest BCUT2D eigenvalue weighted by atomic mass is 10.4. The molecule has 0 unspecified atom stereocenters. The second-order valence-corrected chi connectivity index (χ2v) is 4.58. The van der Waals surface area contributed by atoms with Crippen LogP contribution in [0.1, 0.15) is 12.6 Å². The van der Waals surface area contributed by atoms with Gasteiger partial charge < -0.3 is 0 Å². The maximum absolute atomic E-state index is 4.32. The molecule has 1 heterocycles. The lowest BCUT2D eigenvalue weighted by Crippen LogP contribution is -1.78. The highest BCUT2D eigenvalue weighted by atomic mass is 32.2. The van der Waals surface area contributed by atoms with Gasteiger partial charge in [0.05, 0.1) is 0 Å². The molecule has 0 radical (unpaired) electrons. The van der Waals surface area contributed by atoms with E-state index in [0.29, 0.717) is 0 Å². The fraction of sp³-hybridized carbons (Fsp3) is 0.375. The van der Waals surface area contributed by atoms with E-state index in [9.17, 15) is 0 Å². The largest absolute Gasteiger partial charge is 0.235 e. The molecule has 0 fully saturated rings. The second-order valence-electron chi connectivity index (χ2n) is 2.50. The minimum absolute atomic E-state index is 0.979. The van der Waals surface area contributed by atoms with E-state index < -0.39 is 0 Å². The Morgan fingerprint density at radius 2 is 2.55 bits per heavy atom. The van der Waals surface area contributed by atoms with Crippen molar-refractivity contribution in [3.8, 4) is 0 Å². The molecule has 1 aromatic heterocycles. The smallest absolute Gasteiger partial charge is 0.150 e. The van der Waals surface area contributed by atoms with Crippen LogP contribution >= 0.6 is 23.1 Å². The minimum Gasteiger partial charge on any atom is -0.235 e. The van der Waals surface area contributed by atoms with Crippen molar-refractivity contribution < 1.29 is 0 Å². The van der Waals surface area contributed by atoms with Crippen LogP contribution in [0.5, 0.6) is 0 Å². The highest BCUT2D eigenvalue weighted by Crippen LogP contribution is 2.23. The number of aryl methyl sites for hydroxylation is 1. The Balaban J connectivity index is 2.45. The van der Waals surface area contributed by atoms with Crippen molar-refractivity contribution in [3.63, 3.8) is 0 Å². The van der Waals surface area contributed by atoms with Gasteiger partial charge in [-0.25, -0.2) is 4.98 Å². The summed E-state index contributed by atoms with van der Waals surface area (Å²) in [5.41, 5.74) is 2.31. The molecule has 0 aliphatic heterocycles. The van der Waals surface area contributed by atoms with E-state index in [-0.39, 0.29) is 0 Å². The van der Waals surface area contributed by atoms with Crippen LogP contribution in [0.3, 0.4) is 0 Å². The van der Waals surface area contributed by atoms with Gasteiger partial charge in [0.1, 0.15) is 4.34 Å². The van der Waals surface area contributed by atoms with E-state index in [1.54, 1.807) is 23.1 Å². The molecule has 0 N–H and O–H groups in total. The standard InChI is InChI=1S/C8H11NS2/c1-6(2)4-10-8-9-7(3)5-11-8/h5H,1,4H2,2-3H3. The minimum atomic E-state index is 0.979. The van der Waals surface area contributed by atoms with Crippen LogP contribution in [0.15, 0.2) is 21.9 Å². The molecule has 0 aliphatic carbocycles. The van der Waals surface area contributed by atoms with Gasteiger partial charge in [-0.15, -0.1) is 11.3 Å². The Bertz CT molecular complexity index is 252. The predicted octanol–water partition coefficient (Wildman–Crippen LogP) is 3.12. The van der Waals surface area contributed by atoms with Gasteiger partial charge in [-0.3, -0.25) is 0 Å². The maximum atomic E-state index is 4.32. The summed E-state index contributed by atoms with van der Waals surface area (Å²) in [5.74, 6) is 0.979. The second kappa shape index (κ2) is 3.93. The third-order valence-electron chi connectivity index (χ3n) is 1.04. The van der Waals surface area contributed by atoms with Crippen molar-refractivity contribution in [2.75, 3.05) is 5.75 Å². The average Bonchev–Trinajstić information content (AvgIpc) is 2.31. The van der Waals surface area contributed by atoms with E-state index in [1.165, 1.54) is 5.57 Å². The molecule has 1 nitrogen and oxygen atoms in total. The lowest BCUT2D eigenvalue weighted by molar-refractivity contribution is 1.16. The van der Waals surface area contributed by atoms with E-state index in [1.807, 2.05) is 13.8 Å². The van der Waals surface area contributed by atoms with Gasteiger partial charge in [-0.05, 0) is 13.8 Å². The Hall–Kier alpha value is -0.280. The number of nitrogens with zero attached hydrogens (tertiary/aromatic N) is 1. The van der Waals surface area contributed by atoms with E-state index in [0.717, 1.165) is 15.8 Å². The number of aromatic nitrogens is 1. The predicted molar refractivity (Wildman–Crippen MR) is 52.4 cm³/mol. The Kier molecular flexibility index (Phi) is 3.15. The Morgan fingerprint density at radius 1 is 1.82 bits per heavy atom. The number of thiazole rings is 1. The summed E-state index contributed by atoms with van der Waals surface area (Å²) in [6.07, 6.45) is 0. The molecule has 3 heteroatoms. The molecule has 1 rings (SSSR count). The van der Waals surface area contributed by atoms with Crippen LogP contribution < -0.4 is 0 Å². The van der Waals surface area contributed by atoms with Crippen molar-refractivity contribution in [1.29, 1.82) is 0 Å². The molecular weight excluding hydrogens is 174 g/mol. The summed E-state index contributed by atoms with van der Waals surface area (Å²) in [7, 11) is 0. The van der Waals surface area contributed by atoms with Crippen molar-refractivity contribution in [2.45, 2.75) is 18.2 Å². The summed E-state index contributed by atoms with van der Waals surface area (Å²) in [5, 5.41) is 2.07. The highest BCUT2D eigenvalue weighted by molar-refractivity contribution is 8.01. The quantitative estimate of drug-likeness (QED) is 0.530. The van der Waals surface area contributed by atoms with Crippen molar-refractivity contribution in [3.05, 3.63) is 23.2 Å². The van der Waals surface area contributed by atoms with Crippen LogP contribution in [-0.4, -0.2) is 10.7 Å². The normalized spacial score (nSPS) is 10.0. The summed E-state index contributed by atoms with van der Waals surface area (Å²) in [4.78, 5) is 4.32. The van der Waals surface area contributed by atoms with Gasteiger partial charge >= 0.3 is 0 Å². The number of hydrogen-bond acceptors (Lipinski definition) is 3. The highest BCUT2D eigenvalue weighted by Gasteiger charge is 1.97. The van der Waals surface area contributed by atoms with Crippen molar-refractivity contribution in [1.82, 2.24) is 4.98 Å².